The molecule has 10 heteroatoms. The minimum absolute atomic E-state index is 0.0357. The Kier molecular flexibility index (Phi) is 4.27. The molecule has 1 heterocycles. The lowest BCUT2D eigenvalue weighted by molar-refractivity contribution is -0.386. The highest BCUT2D eigenvalue weighted by Gasteiger charge is 2.31. The standard InChI is InChI=1S/C13H11N3O6S/c1-15-12(19)7(11(18)14-13(15)23)3-6-4-8(16(20)21)10(17)9(5-6)22-2/h3-5,17H,1-2H3,(H,14,18,23). The van der Waals surface area contributed by atoms with Gasteiger partial charge in [0.2, 0.25) is 5.75 Å². The number of rotatable bonds is 3. The zero-order chi connectivity index (χ0) is 17.3. The van der Waals surface area contributed by atoms with Gasteiger partial charge in [0.1, 0.15) is 5.57 Å². The van der Waals surface area contributed by atoms with E-state index in [9.17, 15) is 24.8 Å². The summed E-state index contributed by atoms with van der Waals surface area (Å²) in [6, 6.07) is 2.29. The van der Waals surface area contributed by atoms with Crippen LogP contribution in [0.15, 0.2) is 17.7 Å². The highest BCUT2D eigenvalue weighted by Crippen LogP contribution is 2.37. The number of nitrogens with one attached hydrogen (secondary N) is 1. The number of aromatic hydroxyl groups is 1. The number of nitrogens with zero attached hydrogens (tertiary/aromatic N) is 2. The highest BCUT2D eigenvalue weighted by atomic mass is 32.1. The summed E-state index contributed by atoms with van der Waals surface area (Å²) in [6.45, 7) is 0. The van der Waals surface area contributed by atoms with Gasteiger partial charge in [-0.05, 0) is 29.9 Å². The quantitative estimate of drug-likeness (QED) is 0.272. The Bertz CT molecular complexity index is 773. The van der Waals surface area contributed by atoms with E-state index in [1.165, 1.54) is 20.2 Å². The van der Waals surface area contributed by atoms with E-state index in [0.717, 1.165) is 17.0 Å². The van der Waals surface area contributed by atoms with Gasteiger partial charge in [-0.2, -0.15) is 0 Å². The summed E-state index contributed by atoms with van der Waals surface area (Å²) in [5.41, 5.74) is -0.710. The smallest absolute Gasteiger partial charge is 0.315 e. The molecule has 9 nitrogen and oxygen atoms in total. The monoisotopic (exact) mass is 337 g/mol. The number of ether oxygens (including phenoxy) is 1. The van der Waals surface area contributed by atoms with Crippen molar-refractivity contribution in [3.05, 3.63) is 33.4 Å². The van der Waals surface area contributed by atoms with Crippen molar-refractivity contribution in [3.63, 3.8) is 0 Å². The predicted molar refractivity (Wildman–Crippen MR) is 82.8 cm³/mol. The van der Waals surface area contributed by atoms with Crippen LogP contribution in [0.3, 0.4) is 0 Å². The summed E-state index contributed by atoms with van der Waals surface area (Å²) < 4.78 is 4.86. The number of phenolic OH excluding ortho intramolecular Hbond substituents is 1. The van der Waals surface area contributed by atoms with E-state index < -0.39 is 28.2 Å². The lowest BCUT2D eigenvalue weighted by Gasteiger charge is -2.25. The molecule has 23 heavy (non-hydrogen) atoms. The second-order valence-electron chi connectivity index (χ2n) is 4.53. The minimum Gasteiger partial charge on any atom is -0.500 e. The van der Waals surface area contributed by atoms with Gasteiger partial charge in [-0.3, -0.25) is 29.9 Å². The van der Waals surface area contributed by atoms with Gasteiger partial charge in [-0.15, -0.1) is 0 Å². The lowest BCUT2D eigenvalue weighted by atomic mass is 10.1. The summed E-state index contributed by atoms with van der Waals surface area (Å²) in [5, 5.41) is 23.0. The molecular weight excluding hydrogens is 326 g/mol. The minimum atomic E-state index is -0.802. The van der Waals surface area contributed by atoms with E-state index in [0.29, 0.717) is 0 Å². The first-order chi connectivity index (χ1) is 10.8. The highest BCUT2D eigenvalue weighted by molar-refractivity contribution is 7.80. The average molecular weight is 337 g/mol. The molecule has 0 radical (unpaired) electrons. The van der Waals surface area contributed by atoms with Crippen molar-refractivity contribution < 1.29 is 24.4 Å². The molecule has 0 aliphatic carbocycles. The SMILES string of the molecule is COc1cc(C=C2C(=O)NC(=S)N(C)C2=O)cc([N+](=O)[O-])c1O. The predicted octanol–water partition coefficient (Wildman–Crippen LogP) is 0.565. The molecule has 1 aromatic rings. The van der Waals surface area contributed by atoms with Gasteiger partial charge in [0.25, 0.3) is 11.8 Å². The molecule has 2 rings (SSSR count). The van der Waals surface area contributed by atoms with E-state index >= 15 is 0 Å². The maximum atomic E-state index is 12.1. The van der Waals surface area contributed by atoms with Crippen molar-refractivity contribution >= 4 is 40.9 Å². The maximum Gasteiger partial charge on any atom is 0.315 e. The van der Waals surface area contributed by atoms with Crippen LogP contribution in [0.2, 0.25) is 0 Å². The maximum absolute atomic E-state index is 12.1. The third-order valence-corrected chi connectivity index (χ3v) is 3.49. The molecule has 0 atom stereocenters. The third-order valence-electron chi connectivity index (χ3n) is 3.11. The first-order valence-corrected chi connectivity index (χ1v) is 6.57. The molecule has 0 aromatic heterocycles. The van der Waals surface area contributed by atoms with Gasteiger partial charge >= 0.3 is 5.69 Å². The van der Waals surface area contributed by atoms with Gasteiger partial charge in [0.05, 0.1) is 12.0 Å². The number of carbonyl (C=O) groups is 2. The molecule has 1 aromatic carbocycles. The van der Waals surface area contributed by atoms with Crippen LogP contribution < -0.4 is 10.1 Å². The van der Waals surface area contributed by atoms with E-state index in [4.69, 9.17) is 17.0 Å². The fourth-order valence-corrected chi connectivity index (χ4v) is 2.08. The number of hydrogen-bond donors (Lipinski definition) is 2. The van der Waals surface area contributed by atoms with Crippen molar-refractivity contribution in [3.8, 4) is 11.5 Å². The van der Waals surface area contributed by atoms with Gasteiger partial charge in [-0.25, -0.2) is 0 Å². The largest absolute Gasteiger partial charge is 0.500 e. The fourth-order valence-electron chi connectivity index (χ4n) is 1.90. The Morgan fingerprint density at radius 3 is 2.65 bits per heavy atom. The fraction of sp³-hybridized carbons (Fsp3) is 0.154. The number of thiocarbonyl (C=S) groups is 1. The van der Waals surface area contributed by atoms with Crippen LogP contribution in [0.25, 0.3) is 6.08 Å². The van der Waals surface area contributed by atoms with Crippen LogP contribution in [0.1, 0.15) is 5.56 Å². The first-order valence-electron chi connectivity index (χ1n) is 6.16. The van der Waals surface area contributed by atoms with Gasteiger partial charge in [0, 0.05) is 13.1 Å². The van der Waals surface area contributed by atoms with Crippen molar-refractivity contribution in [1.29, 1.82) is 0 Å². The molecule has 0 bridgehead atoms. The van der Waals surface area contributed by atoms with Gasteiger partial charge < -0.3 is 9.84 Å². The third kappa shape index (κ3) is 2.97. The topological polar surface area (TPSA) is 122 Å². The van der Waals surface area contributed by atoms with Crippen LogP contribution in [0.4, 0.5) is 5.69 Å². The number of carbonyl (C=O) groups excluding carboxylic acids is 2. The van der Waals surface area contributed by atoms with Gasteiger partial charge in [0.15, 0.2) is 10.9 Å². The molecule has 1 aliphatic rings. The summed E-state index contributed by atoms with van der Waals surface area (Å²) in [6.07, 6.45) is 1.16. The number of phenols is 1. The number of amides is 2. The summed E-state index contributed by atoms with van der Waals surface area (Å²) in [5.74, 6) is -2.16. The molecule has 1 fully saturated rings. The Hall–Kier alpha value is -3.01. The number of nitro benzene ring substituents is 1. The van der Waals surface area contributed by atoms with Crippen LogP contribution in [-0.2, 0) is 9.59 Å². The van der Waals surface area contributed by atoms with E-state index in [1.807, 2.05) is 0 Å². The van der Waals surface area contributed by atoms with Crippen LogP contribution in [-0.4, -0.2) is 46.0 Å². The van der Waals surface area contributed by atoms with Crippen LogP contribution in [0, 0.1) is 10.1 Å². The van der Waals surface area contributed by atoms with Crippen molar-refractivity contribution in [2.45, 2.75) is 0 Å². The van der Waals surface area contributed by atoms with Crippen LogP contribution >= 0.6 is 12.2 Å². The molecule has 120 valence electrons. The van der Waals surface area contributed by atoms with Crippen LogP contribution in [0.5, 0.6) is 11.5 Å². The van der Waals surface area contributed by atoms with E-state index in [1.54, 1.807) is 0 Å². The number of nitro groups is 1. The average Bonchev–Trinajstić information content (AvgIpc) is 2.50. The number of methoxy groups -OCH3 is 1. The zero-order valence-corrected chi connectivity index (χ0v) is 12.8. The Balaban J connectivity index is 2.56. The van der Waals surface area contributed by atoms with Crippen molar-refractivity contribution in [2.75, 3.05) is 14.2 Å². The van der Waals surface area contributed by atoms with E-state index in [-0.39, 0.29) is 22.0 Å². The Morgan fingerprint density at radius 1 is 1.43 bits per heavy atom. The molecule has 0 spiro atoms. The lowest BCUT2D eigenvalue weighted by Crippen LogP contribution is -2.52. The van der Waals surface area contributed by atoms with E-state index in [2.05, 4.69) is 5.32 Å². The number of benzene rings is 1. The second kappa shape index (κ2) is 6.01. The molecule has 0 saturated carbocycles. The Labute approximate surface area is 135 Å². The Morgan fingerprint density at radius 2 is 2.09 bits per heavy atom. The summed E-state index contributed by atoms with van der Waals surface area (Å²) >= 11 is 4.82. The molecular formula is C13H11N3O6S. The summed E-state index contributed by atoms with van der Waals surface area (Å²) in [7, 11) is 2.61. The normalized spacial score (nSPS) is 16.5. The summed E-state index contributed by atoms with van der Waals surface area (Å²) in [4.78, 5) is 35.2. The van der Waals surface area contributed by atoms with Crippen molar-refractivity contribution in [2.24, 2.45) is 0 Å². The second-order valence-corrected chi connectivity index (χ2v) is 4.92. The van der Waals surface area contributed by atoms with Gasteiger partial charge in [-0.1, -0.05) is 0 Å². The molecule has 1 saturated heterocycles. The zero-order valence-electron chi connectivity index (χ0n) is 12.0. The molecule has 0 unspecified atom stereocenters. The molecule has 2 N–H and O–H groups in total. The molecule has 2 amide bonds. The molecule has 1 aliphatic heterocycles. The number of likely N-dealkylation sites (N-methyl/N-ethyl adjacent to an activating group) is 1. The van der Waals surface area contributed by atoms with Crippen molar-refractivity contribution in [1.82, 2.24) is 10.2 Å². The first kappa shape index (κ1) is 16.4. The number of hydrogen-bond acceptors (Lipinski definition) is 7.